The summed E-state index contributed by atoms with van der Waals surface area (Å²) < 4.78 is 12.8. The van der Waals surface area contributed by atoms with Gasteiger partial charge in [0.05, 0.1) is 11.9 Å². The fourth-order valence-electron chi connectivity index (χ4n) is 6.14. The number of nitrogens with zero attached hydrogens (tertiary/aromatic N) is 3. The van der Waals surface area contributed by atoms with Crippen LogP contribution in [-0.4, -0.2) is 48.5 Å². The molecule has 1 saturated heterocycles. The molecule has 39 heavy (non-hydrogen) atoms. The number of rotatable bonds is 8. The fraction of sp³-hybridized carbons (Fsp3) is 0.467. The van der Waals surface area contributed by atoms with E-state index in [1.807, 2.05) is 24.3 Å². The van der Waals surface area contributed by atoms with E-state index in [0.29, 0.717) is 22.2 Å². The molecule has 3 fully saturated rings. The van der Waals surface area contributed by atoms with E-state index in [9.17, 15) is 4.57 Å². The van der Waals surface area contributed by atoms with Crippen LogP contribution >= 0.6 is 18.7 Å². The van der Waals surface area contributed by atoms with Crippen LogP contribution in [-0.2, 0) is 4.57 Å². The summed E-state index contributed by atoms with van der Waals surface area (Å²) in [6.45, 7) is 8.01. The van der Waals surface area contributed by atoms with Crippen molar-refractivity contribution in [2.45, 2.75) is 57.5 Å². The Morgan fingerprint density at radius 2 is 1.72 bits per heavy atom. The summed E-state index contributed by atoms with van der Waals surface area (Å²) in [5.74, 6) is 0.915. The molecular formula is C30H38ClN6OP. The maximum absolute atomic E-state index is 12.8. The summed E-state index contributed by atoms with van der Waals surface area (Å²) in [7, 11) is -2.48. The van der Waals surface area contributed by atoms with Crippen molar-refractivity contribution >= 4 is 52.9 Å². The van der Waals surface area contributed by atoms with Gasteiger partial charge in [0, 0.05) is 47.3 Å². The highest BCUT2D eigenvalue weighted by atomic mass is 35.5. The first-order chi connectivity index (χ1) is 18.7. The second-order valence-electron chi connectivity index (χ2n) is 12.1. The van der Waals surface area contributed by atoms with Gasteiger partial charge >= 0.3 is 0 Å². The maximum Gasteiger partial charge on any atom is 0.229 e. The zero-order valence-electron chi connectivity index (χ0n) is 23.0. The lowest BCUT2D eigenvalue weighted by Crippen LogP contribution is -2.59. The minimum Gasteiger partial charge on any atom is -0.370 e. The van der Waals surface area contributed by atoms with Gasteiger partial charge in [-0.25, -0.2) is 4.98 Å². The Hall–Kier alpha value is -2.60. The molecule has 7 nitrogen and oxygen atoms in total. The topological polar surface area (TPSA) is 82.2 Å². The molecule has 3 aliphatic rings. The van der Waals surface area contributed by atoms with Crippen LogP contribution in [0.2, 0.25) is 5.02 Å². The van der Waals surface area contributed by atoms with Gasteiger partial charge in [0.15, 0.2) is 5.82 Å². The van der Waals surface area contributed by atoms with Crippen LogP contribution in [0.1, 0.15) is 44.1 Å². The van der Waals surface area contributed by atoms with Crippen LogP contribution < -0.4 is 26.2 Å². The molecule has 9 heteroatoms. The monoisotopic (exact) mass is 564 g/mol. The lowest BCUT2D eigenvalue weighted by atomic mass is 9.67. The van der Waals surface area contributed by atoms with Crippen molar-refractivity contribution in [3.8, 4) is 0 Å². The van der Waals surface area contributed by atoms with Gasteiger partial charge < -0.3 is 25.4 Å². The lowest BCUT2D eigenvalue weighted by Gasteiger charge is -2.55. The normalized spacial score (nSPS) is 19.1. The van der Waals surface area contributed by atoms with Gasteiger partial charge in [-0.1, -0.05) is 23.7 Å². The van der Waals surface area contributed by atoms with Crippen LogP contribution in [0.25, 0.3) is 0 Å². The first kappa shape index (κ1) is 26.6. The Labute approximate surface area is 236 Å². The highest BCUT2D eigenvalue weighted by Crippen LogP contribution is 2.47. The third-order valence-corrected chi connectivity index (χ3v) is 10.2. The van der Waals surface area contributed by atoms with Crippen molar-refractivity contribution in [1.29, 1.82) is 0 Å². The molecule has 2 aromatic carbocycles. The number of aromatic nitrogens is 2. The van der Waals surface area contributed by atoms with Gasteiger partial charge in [-0.2, -0.15) is 4.98 Å². The number of para-hydroxylation sites is 1. The average molecular weight is 565 g/mol. The zero-order valence-corrected chi connectivity index (χ0v) is 24.7. The van der Waals surface area contributed by atoms with E-state index in [1.54, 1.807) is 19.5 Å². The van der Waals surface area contributed by atoms with E-state index >= 15 is 0 Å². The lowest BCUT2D eigenvalue weighted by molar-refractivity contribution is 0.119. The van der Waals surface area contributed by atoms with E-state index in [-0.39, 0.29) is 0 Å². The van der Waals surface area contributed by atoms with Gasteiger partial charge in [0.1, 0.15) is 12.2 Å². The Bertz CT molecular complexity index is 1400. The largest absolute Gasteiger partial charge is 0.370 e. The van der Waals surface area contributed by atoms with E-state index in [1.165, 1.54) is 49.8 Å². The third-order valence-electron chi connectivity index (χ3n) is 8.42. The second kappa shape index (κ2) is 10.4. The average Bonchev–Trinajstić information content (AvgIpc) is 3.70. The summed E-state index contributed by atoms with van der Waals surface area (Å²) in [5.41, 5.74) is 4.72. The Morgan fingerprint density at radius 3 is 2.41 bits per heavy atom. The number of hydrogen-bond acceptors (Lipinski definition) is 7. The summed E-state index contributed by atoms with van der Waals surface area (Å²) in [4.78, 5) is 11.5. The number of halogens is 1. The van der Waals surface area contributed by atoms with E-state index < -0.39 is 7.14 Å². The first-order valence-corrected chi connectivity index (χ1v) is 17.0. The Balaban J connectivity index is 1.10. The highest BCUT2D eigenvalue weighted by Gasteiger charge is 2.45. The predicted molar refractivity (Wildman–Crippen MR) is 163 cm³/mol. The van der Waals surface area contributed by atoms with Crippen LogP contribution in [0.4, 0.5) is 28.8 Å². The SMILES string of the molecule is Cc1cc(Nc2ncc(Cl)c(Nc3ccccc3P(C)(C)=O)n2)ccc1N1CC2(CCC(NC3CC3)CC2)C1. The molecular weight excluding hydrogens is 527 g/mol. The summed E-state index contributed by atoms with van der Waals surface area (Å²) in [6, 6.07) is 15.6. The van der Waals surface area contributed by atoms with Gasteiger partial charge in [-0.05, 0) is 94.7 Å². The van der Waals surface area contributed by atoms with Gasteiger partial charge in [0.2, 0.25) is 5.95 Å². The Morgan fingerprint density at radius 1 is 1.00 bits per heavy atom. The molecule has 0 bridgehead atoms. The van der Waals surface area contributed by atoms with Crippen molar-refractivity contribution in [3.63, 3.8) is 0 Å². The molecule has 0 radical (unpaired) electrons. The summed E-state index contributed by atoms with van der Waals surface area (Å²) >= 11 is 6.42. The fourth-order valence-corrected chi connectivity index (χ4v) is 7.43. The predicted octanol–water partition coefficient (Wildman–Crippen LogP) is 6.67. The molecule has 3 aromatic rings. The number of nitrogens with one attached hydrogen (secondary N) is 3. The molecule has 2 saturated carbocycles. The minimum absolute atomic E-state index is 0.396. The van der Waals surface area contributed by atoms with Crippen LogP contribution in [0.3, 0.4) is 0 Å². The molecule has 2 aliphatic carbocycles. The van der Waals surface area contributed by atoms with Crippen LogP contribution in [0.15, 0.2) is 48.7 Å². The van der Waals surface area contributed by atoms with Crippen molar-refractivity contribution in [2.75, 3.05) is 42.0 Å². The van der Waals surface area contributed by atoms with Crippen molar-refractivity contribution in [3.05, 3.63) is 59.2 Å². The molecule has 6 rings (SSSR count). The molecule has 0 unspecified atom stereocenters. The number of benzene rings is 2. The molecule has 1 aromatic heterocycles. The van der Waals surface area contributed by atoms with E-state index in [0.717, 1.165) is 41.9 Å². The molecule has 0 atom stereocenters. The zero-order chi connectivity index (χ0) is 27.2. The smallest absolute Gasteiger partial charge is 0.229 e. The standard InChI is InChI=1S/C30H38ClN6OP/c1-20-16-23(10-11-26(20)37-18-30(19-37)14-12-22(13-15-30)33-21-8-9-21)34-29-32-17-24(31)28(36-29)35-25-6-4-5-7-27(25)39(2,3)38/h4-7,10-11,16-17,21-22,33H,8-9,12-15,18-19H2,1-3H3,(H2,32,34,35,36). The van der Waals surface area contributed by atoms with E-state index in [2.05, 4.69) is 55.9 Å². The first-order valence-electron chi connectivity index (χ1n) is 14.0. The summed E-state index contributed by atoms with van der Waals surface area (Å²) in [5, 5.41) is 11.6. The maximum atomic E-state index is 12.8. The van der Waals surface area contributed by atoms with Crippen molar-refractivity contribution in [2.24, 2.45) is 5.41 Å². The molecule has 1 spiro atoms. The van der Waals surface area contributed by atoms with Gasteiger partial charge in [-0.15, -0.1) is 0 Å². The Kier molecular flexibility index (Phi) is 7.11. The summed E-state index contributed by atoms with van der Waals surface area (Å²) in [6.07, 6.45) is 9.66. The molecule has 0 amide bonds. The van der Waals surface area contributed by atoms with Gasteiger partial charge in [-0.3, -0.25) is 0 Å². The van der Waals surface area contributed by atoms with Crippen molar-refractivity contribution in [1.82, 2.24) is 15.3 Å². The number of hydrogen-bond donors (Lipinski definition) is 3. The quantitative estimate of drug-likeness (QED) is 0.263. The van der Waals surface area contributed by atoms with E-state index in [4.69, 9.17) is 11.6 Å². The van der Waals surface area contributed by atoms with Crippen molar-refractivity contribution < 1.29 is 4.57 Å². The van der Waals surface area contributed by atoms with Crippen LogP contribution in [0, 0.1) is 12.3 Å². The second-order valence-corrected chi connectivity index (χ2v) is 15.7. The molecule has 2 heterocycles. The molecule has 206 valence electrons. The molecule has 1 aliphatic heterocycles. The third kappa shape index (κ3) is 5.96. The van der Waals surface area contributed by atoms with Gasteiger partial charge in [0.25, 0.3) is 0 Å². The van der Waals surface area contributed by atoms with Crippen LogP contribution in [0.5, 0.6) is 0 Å². The highest BCUT2D eigenvalue weighted by molar-refractivity contribution is 7.70. The number of aryl methyl sites for hydroxylation is 1. The number of anilines is 5. The molecule has 3 N–H and O–H groups in total. The minimum atomic E-state index is -2.48.